The second kappa shape index (κ2) is 5.74. The third-order valence-electron chi connectivity index (χ3n) is 0.477. The van der Waals surface area contributed by atoms with Gasteiger partial charge >= 0.3 is 60.4 Å². The van der Waals surface area contributed by atoms with Crippen LogP contribution >= 0.6 is 0 Å². The average Bonchev–Trinajstić information content (AvgIpc) is 1.68. The molecule has 0 rings (SSSR count). The molecule has 0 aliphatic heterocycles. The van der Waals surface area contributed by atoms with Crippen LogP contribution in [0.2, 0.25) is 0 Å². The van der Waals surface area contributed by atoms with Crippen molar-refractivity contribution in [3.8, 4) is 0 Å². The molecular formula is C4H11INO2-. The standard InChI is InChI=1S/C4H11INO2/c1-4-7-6(3)8-5-2/h4H2,1-3H3/q-1. The van der Waals surface area contributed by atoms with Gasteiger partial charge in [-0.2, -0.15) is 0 Å². The molecule has 0 N–H and O–H groups in total. The molecule has 8 heavy (non-hydrogen) atoms. The number of rotatable bonds is 4. The van der Waals surface area contributed by atoms with E-state index in [1.807, 2.05) is 11.9 Å². The molecule has 0 aromatic rings. The molecule has 0 aromatic heterocycles. The first-order valence-corrected chi connectivity index (χ1v) is 5.38. The summed E-state index contributed by atoms with van der Waals surface area (Å²) in [5.41, 5.74) is 0. The van der Waals surface area contributed by atoms with Crippen molar-refractivity contribution < 1.29 is 29.6 Å². The molecule has 0 aromatic carbocycles. The Bertz CT molecular complexity index is 47.3. The fourth-order valence-electron chi connectivity index (χ4n) is 0.299. The molecule has 0 spiro atoms. The van der Waals surface area contributed by atoms with E-state index in [1.165, 1.54) is 5.23 Å². The quantitative estimate of drug-likeness (QED) is 0.302. The second-order valence-corrected chi connectivity index (χ2v) is 2.36. The predicted octanol–water partition coefficient (Wildman–Crippen LogP) is -2.56. The van der Waals surface area contributed by atoms with Crippen LogP contribution in [0.5, 0.6) is 0 Å². The molecule has 0 bridgehead atoms. The van der Waals surface area contributed by atoms with Crippen molar-refractivity contribution in [2.24, 2.45) is 0 Å². The summed E-state index contributed by atoms with van der Waals surface area (Å²) in [6.07, 6.45) is 0. The van der Waals surface area contributed by atoms with Gasteiger partial charge in [0.05, 0.1) is 0 Å². The van der Waals surface area contributed by atoms with Gasteiger partial charge in [0, 0.05) is 0 Å². The molecule has 0 saturated carbocycles. The number of hydroxylamine groups is 2. The summed E-state index contributed by atoms with van der Waals surface area (Å²) in [7, 11) is 1.76. The van der Waals surface area contributed by atoms with E-state index in [0.29, 0.717) is 6.61 Å². The Morgan fingerprint density at radius 1 is 1.62 bits per heavy atom. The summed E-state index contributed by atoms with van der Waals surface area (Å²) in [6, 6.07) is 0. The van der Waals surface area contributed by atoms with Crippen LogP contribution in [0, 0.1) is 0 Å². The van der Waals surface area contributed by atoms with Gasteiger partial charge in [-0.1, -0.05) is 0 Å². The Kier molecular flexibility index (Phi) is 6.18. The topological polar surface area (TPSA) is 21.7 Å². The fourth-order valence-corrected chi connectivity index (χ4v) is 0.967. The van der Waals surface area contributed by atoms with Crippen LogP contribution in [0.3, 0.4) is 0 Å². The number of alkyl halides is 1. The Balaban J connectivity index is 2.92. The maximum absolute atomic E-state index is 5.00. The van der Waals surface area contributed by atoms with Crippen molar-refractivity contribution in [3.63, 3.8) is 0 Å². The first-order valence-electron chi connectivity index (χ1n) is 2.34. The molecule has 4 heteroatoms. The zero-order valence-electron chi connectivity index (χ0n) is 5.35. The zero-order chi connectivity index (χ0) is 6.41. The molecule has 0 aliphatic carbocycles. The van der Waals surface area contributed by atoms with Gasteiger partial charge in [-0.05, 0) is 0 Å². The van der Waals surface area contributed by atoms with E-state index < -0.39 is 0 Å². The number of nitrogens with zero attached hydrogens (tertiary/aromatic N) is 1. The van der Waals surface area contributed by atoms with Gasteiger partial charge in [0.2, 0.25) is 0 Å². The van der Waals surface area contributed by atoms with Gasteiger partial charge in [-0.15, -0.1) is 0 Å². The van der Waals surface area contributed by atoms with E-state index in [4.69, 9.17) is 8.00 Å². The number of halogens is 1. The van der Waals surface area contributed by atoms with Crippen molar-refractivity contribution in [3.05, 3.63) is 0 Å². The van der Waals surface area contributed by atoms with E-state index in [2.05, 4.69) is 0 Å². The number of hydrogen-bond acceptors (Lipinski definition) is 3. The molecule has 0 aliphatic rings. The molecule has 0 atom stereocenters. The molecule has 0 fully saturated rings. The third-order valence-corrected chi connectivity index (χ3v) is 1.43. The van der Waals surface area contributed by atoms with Crippen LogP contribution in [-0.2, 0) is 8.00 Å². The minimum absolute atomic E-state index is 0.144. The van der Waals surface area contributed by atoms with Gasteiger partial charge in [0.1, 0.15) is 0 Å². The van der Waals surface area contributed by atoms with Gasteiger partial charge < -0.3 is 0 Å². The van der Waals surface area contributed by atoms with Crippen molar-refractivity contribution in [1.82, 2.24) is 5.23 Å². The van der Waals surface area contributed by atoms with Crippen molar-refractivity contribution in [1.29, 1.82) is 0 Å². The molecule has 0 heterocycles. The Hall–Kier alpha value is 0.610. The molecule has 0 unspecified atom stereocenters. The second-order valence-electron chi connectivity index (χ2n) is 1.08. The molecular weight excluding hydrogens is 221 g/mol. The first kappa shape index (κ1) is 8.61. The Morgan fingerprint density at radius 2 is 2.25 bits per heavy atom. The average molecular weight is 232 g/mol. The van der Waals surface area contributed by atoms with E-state index in [0.717, 1.165) is 0 Å². The van der Waals surface area contributed by atoms with Crippen LogP contribution in [0.4, 0.5) is 0 Å². The van der Waals surface area contributed by atoms with Crippen LogP contribution in [0.15, 0.2) is 0 Å². The van der Waals surface area contributed by atoms with Crippen molar-refractivity contribution in [2.75, 3.05) is 18.6 Å². The predicted molar refractivity (Wildman–Crippen MR) is 26.4 cm³/mol. The van der Waals surface area contributed by atoms with E-state index >= 15 is 0 Å². The maximum atomic E-state index is 5.00. The zero-order valence-corrected chi connectivity index (χ0v) is 7.51. The molecule has 0 radical (unpaired) electrons. The minimum atomic E-state index is -0.144. The van der Waals surface area contributed by atoms with Crippen LogP contribution in [-0.4, -0.2) is 23.8 Å². The van der Waals surface area contributed by atoms with Gasteiger partial charge in [-0.3, -0.25) is 0 Å². The molecule has 0 saturated heterocycles. The molecule has 0 amide bonds. The van der Waals surface area contributed by atoms with Crippen LogP contribution in [0.25, 0.3) is 0 Å². The van der Waals surface area contributed by atoms with E-state index in [1.54, 1.807) is 7.05 Å². The van der Waals surface area contributed by atoms with Gasteiger partial charge in [-0.25, -0.2) is 0 Å². The summed E-state index contributed by atoms with van der Waals surface area (Å²) in [4.78, 5) is 6.94. The number of hydrogen-bond donors (Lipinski definition) is 0. The summed E-state index contributed by atoms with van der Waals surface area (Å²) >= 11 is -0.144. The molecule has 52 valence electrons. The first-order chi connectivity index (χ1) is 3.81. The fraction of sp³-hybridized carbons (Fsp3) is 1.00. The Labute approximate surface area is 60.7 Å². The van der Waals surface area contributed by atoms with Crippen LogP contribution < -0.4 is 21.6 Å². The SMILES string of the molecule is CCON(C)O[I-]C. The molecule has 3 nitrogen and oxygen atoms in total. The normalized spacial score (nSPS) is 11.0. The summed E-state index contributed by atoms with van der Waals surface area (Å²) < 4.78 is 5.00. The van der Waals surface area contributed by atoms with Gasteiger partial charge in [0.15, 0.2) is 0 Å². The summed E-state index contributed by atoms with van der Waals surface area (Å²) in [6.45, 7) is 2.59. The Morgan fingerprint density at radius 3 is 2.62 bits per heavy atom. The van der Waals surface area contributed by atoms with Crippen molar-refractivity contribution >= 4 is 0 Å². The van der Waals surface area contributed by atoms with E-state index in [-0.39, 0.29) is 21.6 Å². The third kappa shape index (κ3) is 4.76. The van der Waals surface area contributed by atoms with Gasteiger partial charge in [0.25, 0.3) is 0 Å². The monoisotopic (exact) mass is 232 g/mol. The van der Waals surface area contributed by atoms with Crippen LogP contribution in [0.1, 0.15) is 6.92 Å². The van der Waals surface area contributed by atoms with Crippen molar-refractivity contribution in [2.45, 2.75) is 6.92 Å². The summed E-state index contributed by atoms with van der Waals surface area (Å²) in [5.74, 6) is 0. The summed E-state index contributed by atoms with van der Waals surface area (Å²) in [5, 5.41) is 1.41. The van der Waals surface area contributed by atoms with E-state index in [9.17, 15) is 0 Å².